The molecule has 2 N–H and O–H groups in total. The van der Waals surface area contributed by atoms with Crippen molar-refractivity contribution < 1.29 is 9.50 Å². The summed E-state index contributed by atoms with van der Waals surface area (Å²) in [5.74, 6) is -0.232. The zero-order valence-corrected chi connectivity index (χ0v) is 10.9. The number of aliphatic hydroxyl groups is 1. The molecule has 1 aromatic rings. The molecule has 0 unspecified atom stereocenters. The summed E-state index contributed by atoms with van der Waals surface area (Å²) in [7, 11) is 0. The van der Waals surface area contributed by atoms with Gasteiger partial charge in [-0.05, 0) is 37.5 Å². The van der Waals surface area contributed by atoms with Crippen LogP contribution in [0.3, 0.4) is 0 Å². The number of rotatable bonds is 6. The first-order chi connectivity index (χ1) is 8.06. The number of anilines is 1. The molecule has 0 heterocycles. The van der Waals surface area contributed by atoms with Crippen molar-refractivity contribution in [2.45, 2.75) is 33.6 Å². The third-order valence-electron chi connectivity index (χ3n) is 3.61. The highest BCUT2D eigenvalue weighted by Gasteiger charge is 2.25. The number of aliphatic hydroxyl groups excluding tert-OH is 1. The Kier molecular flexibility index (Phi) is 4.94. The lowest BCUT2D eigenvalue weighted by Crippen LogP contribution is -2.32. The van der Waals surface area contributed by atoms with Gasteiger partial charge < -0.3 is 10.4 Å². The molecule has 0 aromatic heterocycles. The van der Waals surface area contributed by atoms with Crippen LogP contribution in [0.2, 0.25) is 0 Å². The van der Waals surface area contributed by atoms with Gasteiger partial charge in [0.05, 0.1) is 12.3 Å². The molecule has 2 nitrogen and oxygen atoms in total. The summed E-state index contributed by atoms with van der Waals surface area (Å²) in [6.45, 7) is 6.68. The number of hydrogen-bond acceptors (Lipinski definition) is 2. The van der Waals surface area contributed by atoms with E-state index in [0.29, 0.717) is 12.2 Å². The van der Waals surface area contributed by atoms with Crippen LogP contribution < -0.4 is 5.32 Å². The molecule has 0 fully saturated rings. The van der Waals surface area contributed by atoms with Crippen molar-refractivity contribution in [1.82, 2.24) is 0 Å². The van der Waals surface area contributed by atoms with Gasteiger partial charge >= 0.3 is 0 Å². The van der Waals surface area contributed by atoms with E-state index in [1.54, 1.807) is 6.07 Å². The molecule has 0 amide bonds. The van der Waals surface area contributed by atoms with Gasteiger partial charge in [-0.2, -0.15) is 0 Å². The second-order valence-electron chi connectivity index (χ2n) is 4.70. The molecule has 0 atom stereocenters. The Morgan fingerprint density at radius 1 is 1.29 bits per heavy atom. The molecule has 1 rings (SSSR count). The van der Waals surface area contributed by atoms with Crippen molar-refractivity contribution >= 4 is 5.69 Å². The van der Waals surface area contributed by atoms with Gasteiger partial charge in [0.25, 0.3) is 0 Å². The molecule has 0 saturated heterocycles. The molecule has 0 saturated carbocycles. The van der Waals surface area contributed by atoms with Crippen LogP contribution in [-0.4, -0.2) is 18.3 Å². The van der Waals surface area contributed by atoms with Crippen LogP contribution in [0.25, 0.3) is 0 Å². The first-order valence-electron chi connectivity index (χ1n) is 6.18. The van der Waals surface area contributed by atoms with Gasteiger partial charge in [0.15, 0.2) is 0 Å². The predicted molar refractivity (Wildman–Crippen MR) is 69.7 cm³/mol. The Hall–Kier alpha value is -1.09. The summed E-state index contributed by atoms with van der Waals surface area (Å²) >= 11 is 0. The molecule has 3 heteroatoms. The van der Waals surface area contributed by atoms with Crippen LogP contribution in [0.5, 0.6) is 0 Å². The van der Waals surface area contributed by atoms with Gasteiger partial charge in [-0.1, -0.05) is 19.9 Å². The van der Waals surface area contributed by atoms with Crippen LogP contribution in [0.1, 0.15) is 32.3 Å². The number of aryl methyl sites for hydroxylation is 1. The Balaban J connectivity index is 2.72. The van der Waals surface area contributed by atoms with Crippen LogP contribution in [0.4, 0.5) is 10.1 Å². The summed E-state index contributed by atoms with van der Waals surface area (Å²) in [5.41, 5.74) is 1.26. The lowest BCUT2D eigenvalue weighted by atomic mass is 9.83. The minimum absolute atomic E-state index is 0.125. The van der Waals surface area contributed by atoms with E-state index >= 15 is 0 Å². The maximum Gasteiger partial charge on any atom is 0.146 e. The molecule has 0 spiro atoms. The first kappa shape index (κ1) is 14.0. The normalized spacial score (nSPS) is 11.6. The maximum atomic E-state index is 13.6. The summed E-state index contributed by atoms with van der Waals surface area (Å²) in [5, 5.41) is 12.5. The molecular weight excluding hydrogens is 217 g/mol. The van der Waals surface area contributed by atoms with Gasteiger partial charge in [-0.15, -0.1) is 0 Å². The fourth-order valence-electron chi connectivity index (χ4n) is 1.83. The van der Waals surface area contributed by atoms with Crippen LogP contribution in [0, 0.1) is 18.2 Å². The van der Waals surface area contributed by atoms with Crippen molar-refractivity contribution in [3.63, 3.8) is 0 Å². The average molecular weight is 239 g/mol. The van der Waals surface area contributed by atoms with Crippen LogP contribution in [-0.2, 0) is 0 Å². The lowest BCUT2D eigenvalue weighted by Gasteiger charge is -2.30. The molecular formula is C14H22FNO. The smallest absolute Gasteiger partial charge is 0.146 e. The van der Waals surface area contributed by atoms with E-state index in [4.69, 9.17) is 0 Å². The van der Waals surface area contributed by atoms with Crippen molar-refractivity contribution in [2.24, 2.45) is 5.41 Å². The highest BCUT2D eigenvalue weighted by Crippen LogP contribution is 2.26. The quantitative estimate of drug-likeness (QED) is 0.798. The SMILES string of the molecule is CCC(CC)(CO)CNc1ccc(C)cc1F. The van der Waals surface area contributed by atoms with Crippen LogP contribution in [0.15, 0.2) is 18.2 Å². The fourth-order valence-corrected chi connectivity index (χ4v) is 1.83. The lowest BCUT2D eigenvalue weighted by molar-refractivity contribution is 0.127. The average Bonchev–Trinajstić information content (AvgIpc) is 2.33. The summed E-state index contributed by atoms with van der Waals surface area (Å²) in [4.78, 5) is 0. The Bertz CT molecular complexity index is 353. The van der Waals surface area contributed by atoms with Gasteiger partial charge in [0.1, 0.15) is 5.82 Å². The third kappa shape index (κ3) is 3.43. The minimum Gasteiger partial charge on any atom is -0.396 e. The largest absolute Gasteiger partial charge is 0.396 e. The maximum absolute atomic E-state index is 13.6. The standard InChI is InChI=1S/C14H22FNO/c1-4-14(5-2,10-17)9-16-13-7-6-11(3)8-12(13)15/h6-8,16-17H,4-5,9-10H2,1-3H3. The summed E-state index contributed by atoms with van der Waals surface area (Å²) in [6, 6.07) is 5.14. The zero-order chi connectivity index (χ0) is 12.9. The molecule has 17 heavy (non-hydrogen) atoms. The zero-order valence-electron chi connectivity index (χ0n) is 10.9. The number of hydrogen-bond donors (Lipinski definition) is 2. The topological polar surface area (TPSA) is 32.3 Å². The predicted octanol–water partition coefficient (Wildman–Crippen LogP) is 3.34. The first-order valence-corrected chi connectivity index (χ1v) is 6.18. The summed E-state index contributed by atoms with van der Waals surface area (Å²) < 4.78 is 13.6. The van der Waals surface area contributed by atoms with Crippen LogP contribution >= 0.6 is 0 Å². The molecule has 0 aliphatic carbocycles. The third-order valence-corrected chi connectivity index (χ3v) is 3.61. The van der Waals surface area contributed by atoms with Gasteiger partial charge in [-0.25, -0.2) is 4.39 Å². The molecule has 1 aromatic carbocycles. The highest BCUT2D eigenvalue weighted by molar-refractivity contribution is 5.46. The van der Waals surface area contributed by atoms with E-state index in [1.807, 2.05) is 26.8 Å². The van der Waals surface area contributed by atoms with E-state index in [0.717, 1.165) is 18.4 Å². The molecule has 96 valence electrons. The van der Waals surface area contributed by atoms with Crippen molar-refractivity contribution in [3.8, 4) is 0 Å². The van der Waals surface area contributed by atoms with Gasteiger partial charge in [-0.3, -0.25) is 0 Å². The summed E-state index contributed by atoms with van der Waals surface area (Å²) in [6.07, 6.45) is 1.75. The highest BCUT2D eigenvalue weighted by atomic mass is 19.1. The van der Waals surface area contributed by atoms with E-state index in [2.05, 4.69) is 5.32 Å². The van der Waals surface area contributed by atoms with E-state index in [9.17, 15) is 9.50 Å². The number of benzene rings is 1. The van der Waals surface area contributed by atoms with E-state index in [-0.39, 0.29) is 17.8 Å². The number of nitrogens with one attached hydrogen (secondary N) is 1. The Morgan fingerprint density at radius 3 is 2.41 bits per heavy atom. The second-order valence-corrected chi connectivity index (χ2v) is 4.70. The second kappa shape index (κ2) is 6.01. The number of halogens is 1. The van der Waals surface area contributed by atoms with Crippen molar-refractivity contribution in [1.29, 1.82) is 0 Å². The monoisotopic (exact) mass is 239 g/mol. The molecule has 0 radical (unpaired) electrons. The van der Waals surface area contributed by atoms with Gasteiger partial charge in [0, 0.05) is 12.0 Å². The minimum atomic E-state index is -0.232. The molecule has 0 bridgehead atoms. The van der Waals surface area contributed by atoms with Gasteiger partial charge in [0.2, 0.25) is 0 Å². The van der Waals surface area contributed by atoms with E-state index < -0.39 is 0 Å². The van der Waals surface area contributed by atoms with Crippen molar-refractivity contribution in [3.05, 3.63) is 29.6 Å². The fraction of sp³-hybridized carbons (Fsp3) is 0.571. The molecule has 0 aliphatic heterocycles. The Morgan fingerprint density at radius 2 is 1.94 bits per heavy atom. The Labute approximate surface area is 103 Å². The molecule has 0 aliphatic rings. The van der Waals surface area contributed by atoms with Crippen molar-refractivity contribution in [2.75, 3.05) is 18.5 Å². The van der Waals surface area contributed by atoms with E-state index in [1.165, 1.54) is 6.07 Å².